The molecule has 2 aromatic heterocycles. The Hall–Kier alpha value is -2.67. The Morgan fingerprint density at radius 1 is 1.32 bits per heavy atom. The highest BCUT2D eigenvalue weighted by atomic mass is 16.5. The van der Waals surface area contributed by atoms with Gasteiger partial charge in [0.2, 0.25) is 0 Å². The van der Waals surface area contributed by atoms with Crippen LogP contribution in [0.3, 0.4) is 0 Å². The molecule has 4 heterocycles. The molecule has 25 heavy (non-hydrogen) atoms. The zero-order chi connectivity index (χ0) is 17.0. The molecule has 7 heteroatoms. The van der Waals surface area contributed by atoms with Crippen molar-refractivity contribution in [2.45, 2.75) is 25.2 Å². The normalized spacial score (nSPS) is 22.7. The Morgan fingerprint density at radius 2 is 2.24 bits per heavy atom. The van der Waals surface area contributed by atoms with Crippen molar-refractivity contribution in [3.63, 3.8) is 0 Å². The first-order valence-electron chi connectivity index (χ1n) is 8.56. The van der Waals surface area contributed by atoms with Crippen molar-refractivity contribution in [3.05, 3.63) is 47.9 Å². The van der Waals surface area contributed by atoms with E-state index in [1.165, 1.54) is 0 Å². The number of aromatic nitrogens is 4. The lowest BCUT2D eigenvalue weighted by Crippen LogP contribution is -2.49. The topological polar surface area (TPSA) is 65.2 Å². The molecule has 0 bridgehead atoms. The molecule has 1 fully saturated rings. The molecule has 0 radical (unpaired) electrons. The lowest BCUT2D eigenvalue weighted by Gasteiger charge is -2.41. The monoisotopic (exact) mass is 337 g/mol. The van der Waals surface area contributed by atoms with E-state index in [1.54, 1.807) is 6.20 Å². The Bertz CT molecular complexity index is 959. The second-order valence-electron chi connectivity index (χ2n) is 6.79. The summed E-state index contributed by atoms with van der Waals surface area (Å²) in [4.78, 5) is 15.1. The number of piperidine rings is 1. The molecule has 0 spiro atoms. The zero-order valence-electron chi connectivity index (χ0n) is 14.0. The van der Waals surface area contributed by atoms with Gasteiger partial charge >= 0.3 is 0 Å². The summed E-state index contributed by atoms with van der Waals surface area (Å²) in [6, 6.07) is 7.94. The fraction of sp³-hybridized carbons (Fsp3) is 0.389. The molecule has 0 N–H and O–H groups in total. The van der Waals surface area contributed by atoms with Gasteiger partial charge in [0.05, 0.1) is 30.6 Å². The van der Waals surface area contributed by atoms with Crippen molar-refractivity contribution in [2.24, 2.45) is 7.05 Å². The summed E-state index contributed by atoms with van der Waals surface area (Å²) in [6.45, 7) is 1.85. The van der Waals surface area contributed by atoms with Gasteiger partial charge in [0.1, 0.15) is 0 Å². The quantitative estimate of drug-likeness (QED) is 0.679. The highest BCUT2D eigenvalue weighted by Crippen LogP contribution is 2.31. The van der Waals surface area contributed by atoms with Crippen LogP contribution in [0, 0.1) is 0 Å². The Balaban J connectivity index is 1.47. The van der Waals surface area contributed by atoms with Crippen LogP contribution in [0.5, 0.6) is 0 Å². The van der Waals surface area contributed by atoms with E-state index in [9.17, 15) is 4.79 Å². The van der Waals surface area contributed by atoms with Crippen molar-refractivity contribution in [2.75, 3.05) is 13.1 Å². The summed E-state index contributed by atoms with van der Waals surface area (Å²) in [7, 11) is 1.99. The molecule has 1 aromatic carbocycles. The van der Waals surface area contributed by atoms with Crippen LogP contribution in [0.1, 0.15) is 28.5 Å². The molecule has 7 nitrogen and oxygen atoms in total. The average molecular weight is 337 g/mol. The van der Waals surface area contributed by atoms with Crippen LogP contribution in [0.4, 0.5) is 0 Å². The van der Waals surface area contributed by atoms with Gasteiger partial charge in [-0.2, -0.15) is 0 Å². The highest BCUT2D eigenvalue weighted by Gasteiger charge is 2.38. The average Bonchev–Trinajstić information content (AvgIpc) is 3.27. The third-order valence-corrected chi connectivity index (χ3v) is 5.37. The van der Waals surface area contributed by atoms with E-state index in [0.717, 1.165) is 28.6 Å². The van der Waals surface area contributed by atoms with Gasteiger partial charge < -0.3 is 14.2 Å². The number of aryl methyl sites for hydroxylation is 1. The zero-order valence-corrected chi connectivity index (χ0v) is 14.0. The first kappa shape index (κ1) is 14.7. The van der Waals surface area contributed by atoms with E-state index < -0.39 is 0 Å². The van der Waals surface area contributed by atoms with Crippen LogP contribution in [0.15, 0.2) is 36.7 Å². The smallest absolute Gasteiger partial charge is 0.254 e. The van der Waals surface area contributed by atoms with Crippen LogP contribution in [0.25, 0.3) is 10.9 Å². The number of ether oxygens (including phenoxy) is 1. The minimum Gasteiger partial charge on any atom is -0.370 e. The Labute approximate surface area is 144 Å². The number of rotatable bonds is 1. The van der Waals surface area contributed by atoms with Gasteiger partial charge in [-0.15, -0.1) is 5.10 Å². The molecule has 128 valence electrons. The second-order valence-corrected chi connectivity index (χ2v) is 6.79. The number of hydrogen-bond donors (Lipinski definition) is 0. The number of carbonyl (C=O) groups excluding carboxylic acids is 1. The molecule has 2 aliphatic heterocycles. The molecule has 5 rings (SSSR count). The number of amides is 1. The van der Waals surface area contributed by atoms with Gasteiger partial charge in [0, 0.05) is 42.8 Å². The van der Waals surface area contributed by atoms with Gasteiger partial charge in [0.25, 0.3) is 5.91 Å². The molecular weight excluding hydrogens is 318 g/mol. The summed E-state index contributed by atoms with van der Waals surface area (Å²) in [5, 5.41) is 9.20. The minimum atomic E-state index is 0.0407. The van der Waals surface area contributed by atoms with Gasteiger partial charge in [-0.1, -0.05) is 11.3 Å². The Morgan fingerprint density at radius 3 is 3.16 bits per heavy atom. The molecular formula is C18H19N5O2. The number of hydrogen-bond acceptors (Lipinski definition) is 4. The first-order valence-corrected chi connectivity index (χ1v) is 8.56. The second kappa shape index (κ2) is 5.42. The van der Waals surface area contributed by atoms with E-state index >= 15 is 0 Å². The van der Waals surface area contributed by atoms with Crippen molar-refractivity contribution in [1.82, 2.24) is 24.5 Å². The number of fused-ring (bicyclic) bond motifs is 4. The molecule has 2 atom stereocenters. The molecule has 2 aliphatic rings. The van der Waals surface area contributed by atoms with Gasteiger partial charge in [-0.25, -0.2) is 4.68 Å². The summed E-state index contributed by atoms with van der Waals surface area (Å²) >= 11 is 0. The van der Waals surface area contributed by atoms with E-state index in [2.05, 4.69) is 10.3 Å². The molecule has 3 aromatic rings. The maximum absolute atomic E-state index is 13.2. The van der Waals surface area contributed by atoms with Crippen molar-refractivity contribution in [1.29, 1.82) is 0 Å². The third-order valence-electron chi connectivity index (χ3n) is 5.37. The number of benzene rings is 1. The first-order chi connectivity index (χ1) is 12.2. The third kappa shape index (κ3) is 2.19. The predicted octanol–water partition coefficient (Wildman–Crippen LogP) is 1.76. The summed E-state index contributed by atoms with van der Waals surface area (Å²) in [5.41, 5.74) is 2.80. The summed E-state index contributed by atoms with van der Waals surface area (Å²) < 4.78 is 9.90. The van der Waals surface area contributed by atoms with Crippen molar-refractivity contribution >= 4 is 16.8 Å². The van der Waals surface area contributed by atoms with Crippen molar-refractivity contribution < 1.29 is 9.53 Å². The maximum atomic E-state index is 13.2. The molecule has 1 saturated heterocycles. The largest absolute Gasteiger partial charge is 0.370 e. The summed E-state index contributed by atoms with van der Waals surface area (Å²) in [6.07, 6.45) is 4.65. The van der Waals surface area contributed by atoms with Crippen molar-refractivity contribution in [3.8, 4) is 0 Å². The fourth-order valence-corrected chi connectivity index (χ4v) is 4.02. The predicted molar refractivity (Wildman–Crippen MR) is 91.1 cm³/mol. The molecule has 0 saturated carbocycles. The summed E-state index contributed by atoms with van der Waals surface area (Å²) in [5.74, 6) is 0.0717. The van der Waals surface area contributed by atoms with Crippen LogP contribution < -0.4 is 0 Å². The molecule has 1 amide bonds. The Kier molecular flexibility index (Phi) is 3.18. The SMILES string of the molecule is Cn1ccc2c(C(=O)N3CC[C@@H]4OCc5cnnn5[C@H]4C3)cccc21. The highest BCUT2D eigenvalue weighted by molar-refractivity contribution is 6.06. The van der Waals surface area contributed by atoms with E-state index in [1.807, 2.05) is 51.7 Å². The van der Waals surface area contributed by atoms with Crippen LogP contribution in [-0.2, 0) is 18.4 Å². The fourth-order valence-electron chi connectivity index (χ4n) is 4.02. The van der Waals surface area contributed by atoms with E-state index in [4.69, 9.17) is 4.74 Å². The number of likely N-dealkylation sites (tertiary alicyclic amines) is 1. The van der Waals surface area contributed by atoms with Gasteiger partial charge in [0.15, 0.2) is 0 Å². The minimum absolute atomic E-state index is 0.0407. The van der Waals surface area contributed by atoms with Gasteiger partial charge in [-0.05, 0) is 24.6 Å². The number of carbonyl (C=O) groups is 1. The maximum Gasteiger partial charge on any atom is 0.254 e. The standard InChI is InChI=1S/C18H19N5O2/c1-21-7-5-13-14(3-2-4-15(13)21)18(24)22-8-6-17-16(10-22)23-12(11-25-17)9-19-20-23/h2-5,7,9,16-17H,6,8,10-11H2,1H3/t16-,17-/m0/s1. The number of nitrogens with zero attached hydrogens (tertiary/aromatic N) is 5. The lowest BCUT2D eigenvalue weighted by atomic mass is 9.99. The van der Waals surface area contributed by atoms with E-state index in [0.29, 0.717) is 19.7 Å². The molecule has 0 aliphatic carbocycles. The van der Waals surface area contributed by atoms with E-state index in [-0.39, 0.29) is 18.1 Å². The van der Waals surface area contributed by atoms with Crippen LogP contribution in [-0.4, -0.2) is 49.6 Å². The van der Waals surface area contributed by atoms with Gasteiger partial charge in [-0.3, -0.25) is 4.79 Å². The van der Waals surface area contributed by atoms with Crippen LogP contribution in [0.2, 0.25) is 0 Å². The van der Waals surface area contributed by atoms with Crippen LogP contribution >= 0.6 is 0 Å². The lowest BCUT2D eigenvalue weighted by molar-refractivity contribution is -0.0604. The molecule has 0 unspecified atom stereocenters.